The Hall–Kier alpha value is -2.84. The van der Waals surface area contributed by atoms with Gasteiger partial charge in [0.05, 0.1) is 4.90 Å². The van der Waals surface area contributed by atoms with Gasteiger partial charge < -0.3 is 14.8 Å². The van der Waals surface area contributed by atoms with Crippen LogP contribution in [0.2, 0.25) is 0 Å². The number of fused-ring (bicyclic) bond motifs is 1. The molecule has 0 saturated carbocycles. The lowest BCUT2D eigenvalue weighted by atomic mass is 10.2. The molecule has 0 unspecified atom stereocenters. The number of sulfonamides is 1. The summed E-state index contributed by atoms with van der Waals surface area (Å²) in [6.07, 6.45) is 2.97. The van der Waals surface area contributed by atoms with Crippen LogP contribution in [0.4, 0.5) is 5.69 Å². The Morgan fingerprint density at radius 3 is 2.68 bits per heavy atom. The number of ether oxygens (including phenoxy) is 2. The Bertz CT molecular complexity index is 967. The van der Waals surface area contributed by atoms with Gasteiger partial charge in [0.1, 0.15) is 0 Å². The molecule has 0 saturated heterocycles. The predicted molar refractivity (Wildman–Crippen MR) is 92.8 cm³/mol. The summed E-state index contributed by atoms with van der Waals surface area (Å²) in [6, 6.07) is 9.62. The number of benzene rings is 2. The predicted octanol–water partition coefficient (Wildman–Crippen LogP) is 2.02. The van der Waals surface area contributed by atoms with Crippen LogP contribution >= 0.6 is 0 Å². The van der Waals surface area contributed by atoms with Crippen molar-refractivity contribution in [2.24, 2.45) is 5.14 Å². The Balaban J connectivity index is 1.74. The van der Waals surface area contributed by atoms with Gasteiger partial charge in [-0.15, -0.1) is 0 Å². The van der Waals surface area contributed by atoms with E-state index in [1.165, 1.54) is 18.2 Å². The summed E-state index contributed by atoms with van der Waals surface area (Å²) in [5.41, 5.74) is 1.87. The molecular weight excluding hydrogens is 344 g/mol. The van der Waals surface area contributed by atoms with Gasteiger partial charge in [-0.25, -0.2) is 13.6 Å². The van der Waals surface area contributed by atoms with Gasteiger partial charge >= 0.3 is 0 Å². The standard InChI is InChI=1S/C17H16N2O5S/c1-11-2-5-13(25(18,21)22)9-14(11)19-17(20)7-4-12-3-6-15-16(8-12)24-10-23-15/h2-9H,10H2,1H3,(H,19,20)(H2,18,21,22)/b7-4-. The SMILES string of the molecule is Cc1ccc(S(N)(=O)=O)cc1NC(=O)/C=C\c1ccc2c(c1)OCO2. The normalized spacial score (nSPS) is 13.2. The molecule has 3 N–H and O–H groups in total. The highest BCUT2D eigenvalue weighted by Gasteiger charge is 2.13. The molecule has 8 heteroatoms. The molecule has 2 aromatic rings. The molecule has 2 aromatic carbocycles. The molecule has 1 amide bonds. The van der Waals surface area contributed by atoms with Crippen molar-refractivity contribution in [3.8, 4) is 11.5 Å². The van der Waals surface area contributed by atoms with Crippen molar-refractivity contribution in [3.05, 3.63) is 53.6 Å². The highest BCUT2D eigenvalue weighted by atomic mass is 32.2. The molecule has 1 aliphatic rings. The van der Waals surface area contributed by atoms with Crippen molar-refractivity contribution < 1.29 is 22.7 Å². The average molecular weight is 360 g/mol. The van der Waals surface area contributed by atoms with E-state index in [-0.39, 0.29) is 11.7 Å². The van der Waals surface area contributed by atoms with Crippen LogP contribution in [0.3, 0.4) is 0 Å². The van der Waals surface area contributed by atoms with Crippen molar-refractivity contribution in [1.82, 2.24) is 0 Å². The number of anilines is 1. The summed E-state index contributed by atoms with van der Waals surface area (Å²) >= 11 is 0. The van der Waals surface area contributed by atoms with E-state index >= 15 is 0 Å². The molecular formula is C17H16N2O5S. The molecule has 0 aromatic heterocycles. The van der Waals surface area contributed by atoms with E-state index in [2.05, 4.69) is 5.32 Å². The minimum Gasteiger partial charge on any atom is -0.454 e. The van der Waals surface area contributed by atoms with E-state index in [0.717, 1.165) is 11.1 Å². The molecule has 1 aliphatic heterocycles. The van der Waals surface area contributed by atoms with Crippen LogP contribution in [0.15, 0.2) is 47.4 Å². The lowest BCUT2D eigenvalue weighted by molar-refractivity contribution is -0.111. The second-order valence-corrected chi connectivity index (χ2v) is 7.02. The Morgan fingerprint density at radius 1 is 1.16 bits per heavy atom. The maximum Gasteiger partial charge on any atom is 0.248 e. The molecule has 7 nitrogen and oxygen atoms in total. The maximum atomic E-state index is 12.1. The van der Waals surface area contributed by atoms with Gasteiger partial charge in [-0.3, -0.25) is 4.79 Å². The fourth-order valence-electron chi connectivity index (χ4n) is 2.28. The molecule has 0 atom stereocenters. The second-order valence-electron chi connectivity index (χ2n) is 5.46. The smallest absolute Gasteiger partial charge is 0.248 e. The van der Waals surface area contributed by atoms with Gasteiger partial charge in [0.15, 0.2) is 11.5 Å². The number of rotatable bonds is 4. The molecule has 0 bridgehead atoms. The number of aryl methyl sites for hydroxylation is 1. The number of amides is 1. The first-order chi connectivity index (χ1) is 11.8. The molecule has 0 radical (unpaired) electrons. The lowest BCUT2D eigenvalue weighted by Gasteiger charge is -2.08. The third-order valence-corrected chi connectivity index (χ3v) is 4.53. The van der Waals surface area contributed by atoms with E-state index in [1.54, 1.807) is 37.3 Å². The zero-order valence-corrected chi connectivity index (χ0v) is 14.2. The van der Waals surface area contributed by atoms with E-state index in [1.807, 2.05) is 0 Å². The summed E-state index contributed by atoms with van der Waals surface area (Å²) in [5.74, 6) is 0.892. The van der Waals surface area contributed by atoms with Crippen molar-refractivity contribution >= 4 is 27.7 Å². The first kappa shape index (κ1) is 17.0. The van der Waals surface area contributed by atoms with Crippen molar-refractivity contribution in [2.45, 2.75) is 11.8 Å². The van der Waals surface area contributed by atoms with Gasteiger partial charge in [-0.1, -0.05) is 12.1 Å². The van der Waals surface area contributed by atoms with Crippen LogP contribution in [-0.4, -0.2) is 21.1 Å². The first-order valence-corrected chi connectivity index (χ1v) is 8.90. The summed E-state index contributed by atoms with van der Waals surface area (Å²) in [4.78, 5) is 12.0. The van der Waals surface area contributed by atoms with Crippen LogP contribution < -0.4 is 19.9 Å². The number of carbonyl (C=O) groups is 1. The third kappa shape index (κ3) is 3.98. The largest absolute Gasteiger partial charge is 0.454 e. The topological polar surface area (TPSA) is 108 Å². The average Bonchev–Trinajstić information content (AvgIpc) is 3.01. The van der Waals surface area contributed by atoms with Crippen LogP contribution in [0.5, 0.6) is 11.5 Å². The molecule has 0 aliphatic carbocycles. The van der Waals surface area contributed by atoms with Crippen LogP contribution in [0.25, 0.3) is 6.08 Å². The van der Waals surface area contributed by atoms with Crippen LogP contribution in [0, 0.1) is 6.92 Å². The molecule has 3 rings (SSSR count). The number of hydrogen-bond donors (Lipinski definition) is 2. The number of carbonyl (C=O) groups excluding carboxylic acids is 1. The molecule has 130 valence electrons. The van der Waals surface area contributed by atoms with Gasteiger partial charge in [-0.05, 0) is 48.4 Å². The van der Waals surface area contributed by atoms with E-state index in [9.17, 15) is 13.2 Å². The number of nitrogens with one attached hydrogen (secondary N) is 1. The maximum absolute atomic E-state index is 12.1. The third-order valence-electron chi connectivity index (χ3n) is 3.62. The molecule has 1 heterocycles. The fraction of sp³-hybridized carbons (Fsp3) is 0.118. The summed E-state index contributed by atoms with van der Waals surface area (Å²) < 4.78 is 33.3. The number of hydrogen-bond acceptors (Lipinski definition) is 5. The fourth-order valence-corrected chi connectivity index (χ4v) is 2.82. The Kier molecular flexibility index (Phi) is 4.47. The molecule has 0 spiro atoms. The molecule has 0 fully saturated rings. The van der Waals surface area contributed by atoms with Gasteiger partial charge in [0, 0.05) is 11.8 Å². The monoisotopic (exact) mass is 360 g/mol. The van der Waals surface area contributed by atoms with E-state index < -0.39 is 15.9 Å². The number of primary sulfonamides is 1. The zero-order chi connectivity index (χ0) is 18.0. The first-order valence-electron chi connectivity index (χ1n) is 7.35. The minimum atomic E-state index is -3.83. The quantitative estimate of drug-likeness (QED) is 0.811. The summed E-state index contributed by atoms with van der Waals surface area (Å²) in [7, 11) is -3.83. The highest BCUT2D eigenvalue weighted by molar-refractivity contribution is 7.89. The molecule has 25 heavy (non-hydrogen) atoms. The van der Waals surface area contributed by atoms with E-state index in [0.29, 0.717) is 17.2 Å². The summed E-state index contributed by atoms with van der Waals surface area (Å²) in [5, 5.41) is 7.75. The van der Waals surface area contributed by atoms with Crippen molar-refractivity contribution in [2.75, 3.05) is 12.1 Å². The van der Waals surface area contributed by atoms with Crippen molar-refractivity contribution in [1.29, 1.82) is 0 Å². The van der Waals surface area contributed by atoms with Crippen LogP contribution in [-0.2, 0) is 14.8 Å². The highest BCUT2D eigenvalue weighted by Crippen LogP contribution is 2.32. The van der Waals surface area contributed by atoms with Crippen LogP contribution in [0.1, 0.15) is 11.1 Å². The van der Waals surface area contributed by atoms with E-state index in [4.69, 9.17) is 14.6 Å². The summed E-state index contributed by atoms with van der Waals surface area (Å²) in [6.45, 7) is 1.94. The zero-order valence-electron chi connectivity index (χ0n) is 13.4. The lowest BCUT2D eigenvalue weighted by Crippen LogP contribution is -2.14. The Labute approximate surface area is 145 Å². The Morgan fingerprint density at radius 2 is 1.92 bits per heavy atom. The van der Waals surface area contributed by atoms with Gasteiger partial charge in [0.2, 0.25) is 22.7 Å². The minimum absolute atomic E-state index is 0.0619. The van der Waals surface area contributed by atoms with Crippen molar-refractivity contribution in [3.63, 3.8) is 0 Å². The second kappa shape index (κ2) is 6.58. The van der Waals surface area contributed by atoms with Gasteiger partial charge in [0.25, 0.3) is 0 Å². The number of nitrogens with two attached hydrogens (primary N) is 1. The van der Waals surface area contributed by atoms with Gasteiger partial charge in [-0.2, -0.15) is 0 Å².